The second kappa shape index (κ2) is 9.14. The second-order valence-corrected chi connectivity index (χ2v) is 10.5. The Bertz CT molecular complexity index is 1180. The van der Waals surface area contributed by atoms with E-state index in [-0.39, 0.29) is 30.0 Å². The van der Waals surface area contributed by atoms with E-state index in [0.29, 0.717) is 0 Å². The highest BCUT2D eigenvalue weighted by molar-refractivity contribution is 7.66. The molecule has 1 fully saturated rings. The summed E-state index contributed by atoms with van der Waals surface area (Å²) in [5.74, 6) is 0.101. The van der Waals surface area contributed by atoms with Crippen LogP contribution in [-0.4, -0.2) is 57.9 Å². The number of hydrogen-bond donors (Lipinski definition) is 5. The van der Waals surface area contributed by atoms with Crippen LogP contribution in [0.2, 0.25) is 0 Å². The standard InChI is InChI=1S/C12H16N5O12P3/c1-2-25-4-8-7(27-31(21,22)29-32(23,24)28-30(18,19)20)3-9(26-8)17-6-16-10-11(13)14-5-15-12(10)17/h1,5-9H,3-4H2,(H,21,22)(H,23,24)(H2,13,14,15)(H2,18,19,20)/t7-,8+,9+/m0/s1. The molecule has 0 amide bonds. The largest absolute Gasteiger partial charge is 0.490 e. The number of phosphoric acid groups is 3. The van der Waals surface area contributed by atoms with Gasteiger partial charge in [-0.3, -0.25) is 9.09 Å². The number of nitrogens with two attached hydrogens (primary N) is 1. The minimum absolute atomic E-state index is 0.101. The maximum Gasteiger partial charge on any atom is 0.490 e. The Labute approximate surface area is 178 Å². The highest BCUT2D eigenvalue weighted by Crippen LogP contribution is 2.67. The summed E-state index contributed by atoms with van der Waals surface area (Å²) in [7, 11) is -16.6. The number of nitrogen functional groups attached to an aromatic ring is 1. The van der Waals surface area contributed by atoms with E-state index in [0.717, 1.165) is 0 Å². The summed E-state index contributed by atoms with van der Waals surface area (Å²) < 4.78 is 58.7. The summed E-state index contributed by atoms with van der Waals surface area (Å²) in [6, 6.07) is 0. The Morgan fingerprint density at radius 3 is 2.56 bits per heavy atom. The van der Waals surface area contributed by atoms with Crippen molar-refractivity contribution in [2.45, 2.75) is 24.9 Å². The van der Waals surface area contributed by atoms with Gasteiger partial charge >= 0.3 is 23.5 Å². The molecule has 0 radical (unpaired) electrons. The number of hydrogen-bond acceptors (Lipinski definition) is 12. The van der Waals surface area contributed by atoms with Gasteiger partial charge in [0.15, 0.2) is 11.5 Å². The predicted molar refractivity (Wildman–Crippen MR) is 102 cm³/mol. The van der Waals surface area contributed by atoms with E-state index < -0.39 is 41.9 Å². The van der Waals surface area contributed by atoms with Gasteiger partial charge in [0.1, 0.15) is 43.0 Å². The first-order chi connectivity index (χ1) is 14.8. The molecule has 2 aromatic rings. The number of aromatic nitrogens is 4. The van der Waals surface area contributed by atoms with Gasteiger partial charge in [-0.05, 0) is 0 Å². The van der Waals surface area contributed by atoms with E-state index in [4.69, 9.17) is 35.9 Å². The van der Waals surface area contributed by atoms with Gasteiger partial charge in [-0.1, -0.05) is 6.42 Å². The summed E-state index contributed by atoms with van der Waals surface area (Å²) in [6.45, 7) is -0.322. The minimum Gasteiger partial charge on any atom is -0.444 e. The monoisotopic (exact) mass is 515 g/mol. The van der Waals surface area contributed by atoms with Gasteiger partial charge in [0.05, 0.1) is 6.33 Å². The molecule has 2 unspecified atom stereocenters. The van der Waals surface area contributed by atoms with Crippen LogP contribution in [0.4, 0.5) is 5.82 Å². The van der Waals surface area contributed by atoms with Gasteiger partial charge in [-0.25, -0.2) is 28.6 Å². The van der Waals surface area contributed by atoms with Gasteiger partial charge < -0.3 is 34.8 Å². The number of rotatable bonds is 9. The highest BCUT2D eigenvalue weighted by Gasteiger charge is 2.46. The van der Waals surface area contributed by atoms with Crippen molar-refractivity contribution in [3.8, 4) is 12.5 Å². The molecule has 17 nitrogen and oxygen atoms in total. The van der Waals surface area contributed by atoms with Crippen molar-refractivity contribution in [3.63, 3.8) is 0 Å². The summed E-state index contributed by atoms with van der Waals surface area (Å²) in [4.78, 5) is 48.3. The molecule has 0 aromatic carbocycles. The number of terminal acetylenes is 1. The fraction of sp³-hybridized carbons (Fsp3) is 0.417. The molecule has 1 saturated heterocycles. The third-order valence-electron chi connectivity index (χ3n) is 3.89. The van der Waals surface area contributed by atoms with Crippen molar-refractivity contribution in [2.24, 2.45) is 0 Å². The average Bonchev–Trinajstić information content (AvgIpc) is 3.21. The van der Waals surface area contributed by atoms with E-state index in [1.165, 1.54) is 17.2 Å². The lowest BCUT2D eigenvalue weighted by Gasteiger charge is -2.21. The molecule has 1 aliphatic heterocycles. The number of anilines is 1. The third-order valence-corrected chi connectivity index (χ3v) is 7.76. The molecule has 3 heterocycles. The molecule has 176 valence electrons. The number of ether oxygens (including phenoxy) is 2. The number of nitrogens with zero attached hydrogens (tertiary/aromatic N) is 4. The van der Waals surface area contributed by atoms with Crippen LogP contribution >= 0.6 is 23.5 Å². The minimum atomic E-state index is -5.69. The van der Waals surface area contributed by atoms with Crippen molar-refractivity contribution in [2.75, 3.05) is 12.3 Å². The lowest BCUT2D eigenvalue weighted by molar-refractivity contribution is -0.0423. The summed E-state index contributed by atoms with van der Waals surface area (Å²) in [5.41, 5.74) is 6.28. The van der Waals surface area contributed by atoms with Crippen LogP contribution < -0.4 is 5.73 Å². The first-order valence-corrected chi connectivity index (χ1v) is 12.8. The van der Waals surface area contributed by atoms with E-state index in [1.54, 1.807) is 0 Å². The highest BCUT2D eigenvalue weighted by atomic mass is 31.3. The van der Waals surface area contributed by atoms with Crippen LogP contribution in [0.1, 0.15) is 12.6 Å². The molecule has 1 aliphatic rings. The topological polar surface area (TPSA) is 248 Å². The Morgan fingerprint density at radius 1 is 1.19 bits per heavy atom. The zero-order valence-corrected chi connectivity index (χ0v) is 18.3. The van der Waals surface area contributed by atoms with Gasteiger partial charge in [-0.2, -0.15) is 8.62 Å². The first kappa shape index (κ1) is 24.7. The summed E-state index contributed by atoms with van der Waals surface area (Å²) >= 11 is 0. The number of phosphoric ester groups is 1. The molecule has 3 rings (SSSR count). The van der Waals surface area contributed by atoms with E-state index in [1.807, 2.05) is 6.11 Å². The van der Waals surface area contributed by atoms with E-state index in [2.05, 4.69) is 23.6 Å². The van der Waals surface area contributed by atoms with E-state index in [9.17, 15) is 23.5 Å². The molecule has 0 aliphatic carbocycles. The van der Waals surface area contributed by atoms with Crippen LogP contribution in [-0.2, 0) is 36.3 Å². The molecule has 2 aromatic heterocycles. The van der Waals surface area contributed by atoms with Crippen molar-refractivity contribution in [1.29, 1.82) is 0 Å². The molecule has 0 saturated carbocycles. The Kier molecular flexibility index (Phi) is 7.06. The van der Waals surface area contributed by atoms with Gasteiger partial charge in [0.2, 0.25) is 0 Å². The Hall–Kier alpha value is -1.92. The molecular weight excluding hydrogens is 499 g/mol. The predicted octanol–water partition coefficient (Wildman–Crippen LogP) is 0.0152. The van der Waals surface area contributed by atoms with Crippen LogP contribution in [0.5, 0.6) is 0 Å². The fourth-order valence-corrected chi connectivity index (χ4v) is 6.04. The van der Waals surface area contributed by atoms with Crippen molar-refractivity contribution >= 4 is 40.4 Å². The van der Waals surface area contributed by atoms with Gasteiger partial charge in [0.25, 0.3) is 0 Å². The lowest BCUT2D eigenvalue weighted by atomic mass is 10.2. The normalized spacial score (nSPS) is 25.2. The fourth-order valence-electron chi connectivity index (χ4n) is 2.81. The Balaban J connectivity index is 1.80. The Morgan fingerprint density at radius 2 is 1.91 bits per heavy atom. The molecule has 5 atom stereocenters. The molecule has 32 heavy (non-hydrogen) atoms. The number of imidazole rings is 1. The average molecular weight is 515 g/mol. The molecule has 0 spiro atoms. The van der Waals surface area contributed by atoms with Crippen LogP contribution in [0.3, 0.4) is 0 Å². The molecule has 20 heteroatoms. The van der Waals surface area contributed by atoms with Crippen LogP contribution in [0.25, 0.3) is 11.2 Å². The number of fused-ring (bicyclic) bond motifs is 1. The maximum atomic E-state index is 12.2. The zero-order chi connectivity index (χ0) is 23.7. The van der Waals surface area contributed by atoms with Gasteiger partial charge in [-0.15, -0.1) is 0 Å². The maximum absolute atomic E-state index is 12.2. The second-order valence-electron chi connectivity index (χ2n) is 6.11. The third kappa shape index (κ3) is 6.10. The van der Waals surface area contributed by atoms with Crippen molar-refractivity contribution in [3.05, 3.63) is 12.7 Å². The summed E-state index contributed by atoms with van der Waals surface area (Å²) in [6.07, 6.45) is 5.99. The zero-order valence-electron chi connectivity index (χ0n) is 15.6. The molecule has 6 N–H and O–H groups in total. The van der Waals surface area contributed by atoms with Gasteiger partial charge in [0, 0.05) is 6.42 Å². The first-order valence-electron chi connectivity index (χ1n) is 8.28. The molecule has 0 bridgehead atoms. The SMILES string of the molecule is C#COC[C@H]1O[C@@H](n2cnc3c(N)ncnc32)C[C@@H]1OP(=O)(O)OP(=O)(O)OP(=O)(O)O. The molecular formula is C12H16N5O12P3. The quantitative estimate of drug-likeness (QED) is 0.218. The lowest BCUT2D eigenvalue weighted by Crippen LogP contribution is -2.28. The smallest absolute Gasteiger partial charge is 0.444 e. The van der Waals surface area contributed by atoms with Crippen molar-refractivity contribution < 1.29 is 55.9 Å². The van der Waals surface area contributed by atoms with Crippen LogP contribution in [0.15, 0.2) is 12.7 Å². The van der Waals surface area contributed by atoms with E-state index >= 15 is 0 Å². The van der Waals surface area contributed by atoms with Crippen molar-refractivity contribution in [1.82, 2.24) is 19.5 Å². The summed E-state index contributed by atoms with van der Waals surface area (Å²) in [5, 5.41) is 0. The van der Waals surface area contributed by atoms with Crippen LogP contribution in [0, 0.1) is 12.5 Å².